The van der Waals surface area contributed by atoms with Gasteiger partial charge in [-0.25, -0.2) is 30.8 Å². The van der Waals surface area contributed by atoms with Gasteiger partial charge in [-0.3, -0.25) is 4.90 Å². The van der Waals surface area contributed by atoms with E-state index in [0.29, 0.717) is 23.3 Å². The summed E-state index contributed by atoms with van der Waals surface area (Å²) in [6.07, 6.45) is 0.701. The standard InChI is InChI=1S/C27H25ClF2N2O6S2/c28-23-2-1-3-24(30)21(23)16-38-19-7-10-22-17(14-19)4-11-25-27(22,12-13-32(25)26(15-33)40(31,36)37)39(34,35)20-8-5-18(29)6-9-20/h1-3,5-10,14-15,25-26H,4,11-13,16H2,(H2,31,36,37)/t25-,26?,27-/m1/s1. The van der Waals surface area contributed by atoms with Gasteiger partial charge in [0.2, 0.25) is 10.0 Å². The number of hydrogen-bond donors (Lipinski definition) is 1. The van der Waals surface area contributed by atoms with Crippen molar-refractivity contribution in [3.63, 3.8) is 0 Å². The molecule has 0 spiro atoms. The number of nitrogens with zero attached hydrogens (tertiary/aromatic N) is 1. The first-order chi connectivity index (χ1) is 18.9. The summed E-state index contributed by atoms with van der Waals surface area (Å²) < 4.78 is 85.3. The summed E-state index contributed by atoms with van der Waals surface area (Å²) in [5.74, 6) is -0.781. The molecule has 0 saturated carbocycles. The number of sulfone groups is 1. The van der Waals surface area contributed by atoms with Crippen LogP contribution in [0.3, 0.4) is 0 Å². The summed E-state index contributed by atoms with van der Waals surface area (Å²) in [5, 5.41) is 3.82. The average Bonchev–Trinajstić information content (AvgIpc) is 3.29. The number of sulfonamides is 1. The number of primary sulfonamides is 1. The molecule has 0 aromatic heterocycles. The third kappa shape index (κ3) is 4.71. The molecule has 40 heavy (non-hydrogen) atoms. The van der Waals surface area contributed by atoms with Gasteiger partial charge in [0.15, 0.2) is 21.5 Å². The maximum absolute atomic E-state index is 14.3. The van der Waals surface area contributed by atoms with E-state index in [0.717, 1.165) is 12.1 Å². The van der Waals surface area contributed by atoms with E-state index < -0.39 is 47.7 Å². The summed E-state index contributed by atoms with van der Waals surface area (Å²) in [7, 11) is -8.62. The van der Waals surface area contributed by atoms with E-state index in [1.807, 2.05) is 0 Å². The van der Waals surface area contributed by atoms with E-state index >= 15 is 0 Å². The van der Waals surface area contributed by atoms with E-state index in [1.54, 1.807) is 24.3 Å². The minimum absolute atomic E-state index is 0.0325. The van der Waals surface area contributed by atoms with Crippen molar-refractivity contribution in [1.29, 1.82) is 0 Å². The van der Waals surface area contributed by atoms with Gasteiger partial charge in [-0.15, -0.1) is 0 Å². The third-order valence-corrected chi connectivity index (χ3v) is 11.7. The Hall–Kier alpha value is -2.90. The number of hydrogen-bond acceptors (Lipinski definition) is 7. The van der Waals surface area contributed by atoms with Gasteiger partial charge < -0.3 is 9.53 Å². The van der Waals surface area contributed by atoms with Crippen LogP contribution in [0, 0.1) is 11.6 Å². The molecule has 0 radical (unpaired) electrons. The van der Waals surface area contributed by atoms with E-state index in [-0.39, 0.29) is 47.8 Å². The first-order valence-corrected chi connectivity index (χ1v) is 15.8. The highest BCUT2D eigenvalue weighted by molar-refractivity contribution is 7.92. The van der Waals surface area contributed by atoms with E-state index in [9.17, 15) is 30.4 Å². The van der Waals surface area contributed by atoms with Gasteiger partial charge >= 0.3 is 0 Å². The molecule has 1 heterocycles. The fourth-order valence-corrected chi connectivity index (χ4v) is 9.30. The number of benzene rings is 3. The number of aryl methyl sites for hydroxylation is 1. The van der Waals surface area contributed by atoms with Crippen molar-refractivity contribution in [2.24, 2.45) is 5.14 Å². The van der Waals surface area contributed by atoms with Crippen LogP contribution in [0.1, 0.15) is 29.5 Å². The molecule has 3 atom stereocenters. The number of aldehydes is 1. The van der Waals surface area contributed by atoms with Crippen molar-refractivity contribution in [2.45, 2.75) is 46.9 Å². The van der Waals surface area contributed by atoms with Gasteiger partial charge in [-0.1, -0.05) is 23.7 Å². The van der Waals surface area contributed by atoms with Crippen LogP contribution in [-0.4, -0.2) is 46.0 Å². The highest BCUT2D eigenvalue weighted by Gasteiger charge is 2.61. The van der Waals surface area contributed by atoms with Gasteiger partial charge in [-0.05, 0) is 78.9 Å². The molecule has 13 heteroatoms. The summed E-state index contributed by atoms with van der Waals surface area (Å²) in [6, 6.07) is 12.6. The van der Waals surface area contributed by atoms with Crippen LogP contribution in [0.15, 0.2) is 65.6 Å². The predicted octanol–water partition coefficient (Wildman–Crippen LogP) is 3.70. The van der Waals surface area contributed by atoms with Crippen molar-refractivity contribution in [2.75, 3.05) is 6.54 Å². The second-order valence-corrected chi connectivity index (χ2v) is 14.1. The maximum Gasteiger partial charge on any atom is 0.232 e. The highest BCUT2D eigenvalue weighted by atomic mass is 35.5. The van der Waals surface area contributed by atoms with Crippen molar-refractivity contribution < 1.29 is 35.1 Å². The number of nitrogens with two attached hydrogens (primary N) is 1. The highest BCUT2D eigenvalue weighted by Crippen LogP contribution is 2.53. The third-order valence-electron chi connectivity index (χ3n) is 7.73. The molecule has 1 fully saturated rings. The minimum Gasteiger partial charge on any atom is -0.489 e. The first-order valence-electron chi connectivity index (χ1n) is 12.3. The van der Waals surface area contributed by atoms with Crippen LogP contribution < -0.4 is 9.88 Å². The molecule has 8 nitrogen and oxygen atoms in total. The Morgan fingerprint density at radius 2 is 1.82 bits per heavy atom. The van der Waals surface area contributed by atoms with Crippen molar-refractivity contribution >= 4 is 37.7 Å². The van der Waals surface area contributed by atoms with E-state index in [1.165, 1.54) is 29.2 Å². The Morgan fingerprint density at radius 1 is 1.10 bits per heavy atom. The minimum atomic E-state index is -4.36. The number of carbonyl (C=O) groups excluding carboxylic acids is 1. The molecule has 2 N–H and O–H groups in total. The molecule has 3 aromatic rings. The summed E-state index contributed by atoms with van der Waals surface area (Å²) in [6.45, 7) is -0.191. The fourth-order valence-electron chi connectivity index (χ4n) is 5.93. The number of fused-ring (bicyclic) bond motifs is 3. The summed E-state index contributed by atoms with van der Waals surface area (Å²) in [4.78, 5) is 13.0. The quantitative estimate of drug-likeness (QED) is 0.305. The van der Waals surface area contributed by atoms with Gasteiger partial charge in [0.05, 0.1) is 9.92 Å². The van der Waals surface area contributed by atoms with Crippen LogP contribution in [0.2, 0.25) is 5.02 Å². The Kier molecular flexibility index (Phi) is 7.51. The molecule has 1 aliphatic carbocycles. The van der Waals surface area contributed by atoms with Crippen LogP contribution in [0.25, 0.3) is 0 Å². The van der Waals surface area contributed by atoms with Gasteiger partial charge in [-0.2, -0.15) is 0 Å². The average molecular weight is 611 g/mol. The lowest BCUT2D eigenvalue weighted by molar-refractivity contribution is -0.110. The smallest absolute Gasteiger partial charge is 0.232 e. The second kappa shape index (κ2) is 10.5. The number of halogens is 3. The number of likely N-dealkylation sites (tertiary alicyclic amines) is 1. The van der Waals surface area contributed by atoms with Crippen molar-refractivity contribution in [3.05, 3.63) is 94.0 Å². The lowest BCUT2D eigenvalue weighted by Crippen LogP contribution is -2.55. The predicted molar refractivity (Wildman–Crippen MR) is 144 cm³/mol. The lowest BCUT2D eigenvalue weighted by Gasteiger charge is -2.43. The molecule has 0 bridgehead atoms. The molecule has 5 rings (SSSR count). The van der Waals surface area contributed by atoms with E-state index in [2.05, 4.69) is 0 Å². The SMILES string of the molecule is NS(=O)(=O)C(C=O)N1CC[C@@]2(S(=O)(=O)c3ccc(F)cc3)c3ccc(OCc4c(F)cccc4Cl)cc3CC[C@@H]12. The first kappa shape index (κ1) is 28.6. The van der Waals surface area contributed by atoms with Gasteiger partial charge in [0.25, 0.3) is 0 Å². The monoisotopic (exact) mass is 610 g/mol. The molecular formula is C27H25ClF2N2O6S2. The maximum atomic E-state index is 14.3. The Labute approximate surface area is 235 Å². The van der Waals surface area contributed by atoms with Gasteiger partial charge in [0.1, 0.15) is 28.7 Å². The Balaban J connectivity index is 1.60. The van der Waals surface area contributed by atoms with Crippen molar-refractivity contribution in [1.82, 2.24) is 4.90 Å². The number of carbonyl (C=O) groups is 1. The lowest BCUT2D eigenvalue weighted by atomic mass is 9.78. The summed E-state index contributed by atoms with van der Waals surface area (Å²) >= 11 is 6.10. The topological polar surface area (TPSA) is 124 Å². The molecule has 0 amide bonds. The zero-order valence-electron chi connectivity index (χ0n) is 21.0. The number of rotatable bonds is 8. The largest absolute Gasteiger partial charge is 0.489 e. The van der Waals surface area contributed by atoms with Crippen LogP contribution in [0.4, 0.5) is 8.78 Å². The summed E-state index contributed by atoms with van der Waals surface area (Å²) in [5.41, 5.74) is 1.23. The molecule has 2 aliphatic rings. The molecule has 212 valence electrons. The fraction of sp³-hybridized carbons (Fsp3) is 0.296. The number of ether oxygens (including phenoxy) is 1. The Bertz CT molecular complexity index is 1670. The zero-order valence-corrected chi connectivity index (χ0v) is 23.4. The zero-order chi connectivity index (χ0) is 28.9. The van der Waals surface area contributed by atoms with Crippen LogP contribution in [0.5, 0.6) is 5.75 Å². The molecule has 1 unspecified atom stereocenters. The van der Waals surface area contributed by atoms with Gasteiger partial charge in [0, 0.05) is 18.2 Å². The van der Waals surface area contributed by atoms with E-state index in [4.69, 9.17) is 21.5 Å². The molecule has 3 aromatic carbocycles. The second-order valence-electron chi connectivity index (χ2n) is 9.81. The molecule has 1 saturated heterocycles. The van der Waals surface area contributed by atoms with Crippen molar-refractivity contribution in [3.8, 4) is 5.75 Å². The molecular weight excluding hydrogens is 586 g/mol. The molecule has 1 aliphatic heterocycles. The normalized spacial score (nSPS) is 21.9. The van der Waals surface area contributed by atoms with Crippen LogP contribution in [-0.2, 0) is 42.4 Å². The Morgan fingerprint density at radius 3 is 2.48 bits per heavy atom. The van der Waals surface area contributed by atoms with Crippen LogP contribution >= 0.6 is 11.6 Å².